The van der Waals surface area contributed by atoms with E-state index < -0.39 is 5.97 Å². The summed E-state index contributed by atoms with van der Waals surface area (Å²) in [6, 6.07) is 8.98. The standard InChI is InChI=1S/C22H29NO4/c1-21(2)16-11-12-22(21,3)18(13-16)23-19(25)14-27-20(26)10-9-17(24)15-7-5-4-6-8-15/h4-8,16,18H,9-14H2,1-3H3,(H,23,25). The molecule has 0 radical (unpaired) electrons. The first-order valence-corrected chi connectivity index (χ1v) is 9.77. The number of rotatable bonds is 7. The minimum Gasteiger partial charge on any atom is -0.456 e. The molecule has 1 aromatic carbocycles. The smallest absolute Gasteiger partial charge is 0.306 e. The van der Waals surface area contributed by atoms with Gasteiger partial charge >= 0.3 is 5.97 Å². The minimum atomic E-state index is -0.520. The number of carbonyl (C=O) groups excluding carboxylic acids is 3. The van der Waals surface area contributed by atoms with Crippen molar-refractivity contribution in [1.82, 2.24) is 5.32 Å². The molecule has 27 heavy (non-hydrogen) atoms. The van der Waals surface area contributed by atoms with E-state index in [4.69, 9.17) is 4.74 Å². The monoisotopic (exact) mass is 371 g/mol. The Kier molecular flexibility index (Phi) is 5.41. The van der Waals surface area contributed by atoms with E-state index in [9.17, 15) is 14.4 Å². The largest absolute Gasteiger partial charge is 0.456 e. The molecule has 2 aliphatic rings. The Morgan fingerprint density at radius 3 is 2.41 bits per heavy atom. The molecule has 1 N–H and O–H groups in total. The van der Waals surface area contributed by atoms with Gasteiger partial charge in [0.05, 0.1) is 6.42 Å². The molecule has 0 saturated heterocycles. The summed E-state index contributed by atoms with van der Waals surface area (Å²) in [4.78, 5) is 36.1. The molecule has 5 heteroatoms. The molecule has 3 rings (SSSR count). The van der Waals surface area contributed by atoms with Crippen molar-refractivity contribution in [1.29, 1.82) is 0 Å². The van der Waals surface area contributed by atoms with Crippen LogP contribution >= 0.6 is 0 Å². The van der Waals surface area contributed by atoms with Crippen LogP contribution in [-0.4, -0.2) is 30.3 Å². The predicted octanol–water partition coefficient (Wildman–Crippen LogP) is 3.52. The predicted molar refractivity (Wildman–Crippen MR) is 102 cm³/mol. The quantitative estimate of drug-likeness (QED) is 0.588. The molecule has 0 aromatic heterocycles. The van der Waals surface area contributed by atoms with Gasteiger partial charge in [-0.3, -0.25) is 14.4 Å². The minimum absolute atomic E-state index is 0.0166. The molecule has 3 atom stereocenters. The molecule has 3 unspecified atom stereocenters. The van der Waals surface area contributed by atoms with Crippen molar-refractivity contribution in [2.45, 2.75) is 58.9 Å². The van der Waals surface area contributed by atoms with Crippen LogP contribution in [0.2, 0.25) is 0 Å². The first-order valence-electron chi connectivity index (χ1n) is 9.77. The van der Waals surface area contributed by atoms with Crippen LogP contribution in [0.5, 0.6) is 0 Å². The number of nitrogens with one attached hydrogen (secondary N) is 1. The third-order valence-corrected chi connectivity index (χ3v) is 7.15. The van der Waals surface area contributed by atoms with E-state index in [1.165, 1.54) is 6.42 Å². The van der Waals surface area contributed by atoms with E-state index in [2.05, 4.69) is 26.1 Å². The number of benzene rings is 1. The molecule has 0 heterocycles. The summed E-state index contributed by atoms with van der Waals surface area (Å²) in [7, 11) is 0. The fraction of sp³-hybridized carbons (Fsp3) is 0.591. The molecule has 0 aliphatic heterocycles. The number of amides is 1. The van der Waals surface area contributed by atoms with Gasteiger partial charge in [0.2, 0.25) is 0 Å². The Morgan fingerprint density at radius 1 is 1.11 bits per heavy atom. The number of esters is 1. The van der Waals surface area contributed by atoms with Crippen molar-refractivity contribution in [2.24, 2.45) is 16.7 Å². The molecule has 146 valence electrons. The van der Waals surface area contributed by atoms with Gasteiger partial charge in [-0.25, -0.2) is 0 Å². The van der Waals surface area contributed by atoms with Crippen molar-refractivity contribution in [3.05, 3.63) is 35.9 Å². The van der Waals surface area contributed by atoms with Gasteiger partial charge in [0.15, 0.2) is 12.4 Å². The maximum Gasteiger partial charge on any atom is 0.306 e. The summed E-state index contributed by atoms with van der Waals surface area (Å²) in [5, 5.41) is 3.07. The second-order valence-electron chi connectivity index (χ2n) is 8.68. The highest BCUT2D eigenvalue weighted by atomic mass is 16.5. The van der Waals surface area contributed by atoms with Crippen molar-refractivity contribution in [2.75, 3.05) is 6.61 Å². The first-order chi connectivity index (χ1) is 12.7. The maximum absolute atomic E-state index is 12.2. The second-order valence-corrected chi connectivity index (χ2v) is 8.68. The Hall–Kier alpha value is -2.17. The van der Waals surface area contributed by atoms with E-state index in [0.717, 1.165) is 12.8 Å². The zero-order chi connectivity index (χ0) is 19.7. The normalized spacial score (nSPS) is 28.0. The second kappa shape index (κ2) is 7.45. The van der Waals surface area contributed by atoms with E-state index in [-0.39, 0.29) is 48.0 Å². The van der Waals surface area contributed by atoms with Crippen LogP contribution < -0.4 is 5.32 Å². The highest BCUT2D eigenvalue weighted by molar-refractivity contribution is 5.97. The summed E-state index contributed by atoms with van der Waals surface area (Å²) in [6.45, 7) is 6.56. The molecular formula is C22H29NO4. The molecule has 1 aromatic rings. The van der Waals surface area contributed by atoms with Gasteiger partial charge in [0.1, 0.15) is 0 Å². The summed E-state index contributed by atoms with van der Waals surface area (Å²) >= 11 is 0. The molecule has 2 aliphatic carbocycles. The molecule has 0 spiro atoms. The van der Waals surface area contributed by atoms with Gasteiger partial charge in [-0.05, 0) is 36.0 Å². The zero-order valence-corrected chi connectivity index (χ0v) is 16.4. The molecule has 5 nitrogen and oxygen atoms in total. The van der Waals surface area contributed by atoms with Gasteiger partial charge in [-0.2, -0.15) is 0 Å². The van der Waals surface area contributed by atoms with Gasteiger partial charge < -0.3 is 10.1 Å². The Bertz CT molecular complexity index is 727. The highest BCUT2D eigenvalue weighted by Crippen LogP contribution is 2.65. The number of Topliss-reactive ketones (excluding diaryl/α,β-unsaturated/α-hetero) is 1. The van der Waals surface area contributed by atoms with Crippen molar-refractivity contribution < 1.29 is 19.1 Å². The third kappa shape index (κ3) is 3.78. The topological polar surface area (TPSA) is 72.5 Å². The van der Waals surface area contributed by atoms with Gasteiger partial charge in [-0.15, -0.1) is 0 Å². The summed E-state index contributed by atoms with van der Waals surface area (Å²) in [6.07, 6.45) is 3.41. The number of ether oxygens (including phenoxy) is 1. The van der Waals surface area contributed by atoms with Crippen LogP contribution in [0, 0.1) is 16.7 Å². The lowest BCUT2D eigenvalue weighted by atomic mass is 9.69. The van der Waals surface area contributed by atoms with Crippen LogP contribution in [0.25, 0.3) is 0 Å². The lowest BCUT2D eigenvalue weighted by Gasteiger charge is -2.39. The van der Waals surface area contributed by atoms with Crippen LogP contribution in [0.4, 0.5) is 0 Å². The number of hydrogen-bond donors (Lipinski definition) is 1. The van der Waals surface area contributed by atoms with Gasteiger partial charge in [0.25, 0.3) is 5.91 Å². The lowest BCUT2D eigenvalue weighted by molar-refractivity contribution is -0.148. The van der Waals surface area contributed by atoms with Crippen LogP contribution in [0.1, 0.15) is 63.2 Å². The number of fused-ring (bicyclic) bond motifs is 2. The summed E-state index contributed by atoms with van der Waals surface area (Å²) < 4.78 is 5.06. The Morgan fingerprint density at radius 2 is 1.81 bits per heavy atom. The van der Waals surface area contributed by atoms with E-state index >= 15 is 0 Å². The fourth-order valence-corrected chi connectivity index (χ4v) is 4.86. The van der Waals surface area contributed by atoms with E-state index in [0.29, 0.717) is 11.5 Å². The summed E-state index contributed by atoms with van der Waals surface area (Å²) in [5.74, 6) is -0.241. The average molecular weight is 371 g/mol. The van der Waals surface area contributed by atoms with Crippen LogP contribution in [0.15, 0.2) is 30.3 Å². The average Bonchev–Trinajstić information content (AvgIpc) is 2.98. The third-order valence-electron chi connectivity index (χ3n) is 7.15. The number of ketones is 1. The van der Waals surface area contributed by atoms with Crippen molar-refractivity contribution >= 4 is 17.7 Å². The lowest BCUT2D eigenvalue weighted by Crippen LogP contribution is -2.48. The van der Waals surface area contributed by atoms with E-state index in [1.54, 1.807) is 24.3 Å². The molecule has 2 bridgehead atoms. The first kappa shape index (κ1) is 19.6. The SMILES string of the molecule is CC1(C)C2CCC1(C)C(NC(=O)COC(=O)CCC(=O)c1ccccc1)C2. The highest BCUT2D eigenvalue weighted by Gasteiger charge is 2.61. The number of carbonyl (C=O) groups is 3. The van der Waals surface area contributed by atoms with Crippen molar-refractivity contribution in [3.63, 3.8) is 0 Å². The Labute approximate surface area is 160 Å². The summed E-state index contributed by atoms with van der Waals surface area (Å²) in [5.41, 5.74) is 0.897. The van der Waals surface area contributed by atoms with E-state index in [1.807, 2.05) is 6.07 Å². The van der Waals surface area contributed by atoms with Gasteiger partial charge in [-0.1, -0.05) is 51.1 Å². The van der Waals surface area contributed by atoms with Gasteiger partial charge in [0, 0.05) is 18.0 Å². The molecule has 2 saturated carbocycles. The van der Waals surface area contributed by atoms with Crippen LogP contribution in [0.3, 0.4) is 0 Å². The molecule has 1 amide bonds. The Balaban J connectivity index is 1.41. The molecular weight excluding hydrogens is 342 g/mol. The number of hydrogen-bond acceptors (Lipinski definition) is 4. The fourth-order valence-electron chi connectivity index (χ4n) is 4.86. The van der Waals surface area contributed by atoms with Crippen molar-refractivity contribution in [3.8, 4) is 0 Å². The maximum atomic E-state index is 12.2. The zero-order valence-electron chi connectivity index (χ0n) is 16.4. The van der Waals surface area contributed by atoms with Crippen LogP contribution in [-0.2, 0) is 14.3 Å². The molecule has 2 fully saturated rings.